The van der Waals surface area contributed by atoms with E-state index in [1.165, 1.54) is 44.8 Å². The molecule has 0 amide bonds. The van der Waals surface area contributed by atoms with Gasteiger partial charge in [-0.1, -0.05) is 80.6 Å². The maximum absolute atomic E-state index is 2.40. The molecule has 0 radical (unpaired) electrons. The zero-order valence-electron chi connectivity index (χ0n) is 19.7. The van der Waals surface area contributed by atoms with Crippen molar-refractivity contribution in [3.05, 3.63) is 108 Å². The van der Waals surface area contributed by atoms with Gasteiger partial charge in [0.15, 0.2) is 0 Å². The summed E-state index contributed by atoms with van der Waals surface area (Å²) in [5, 5.41) is 0. The second kappa shape index (κ2) is 7.38. The summed E-state index contributed by atoms with van der Waals surface area (Å²) in [7, 11) is 0. The van der Waals surface area contributed by atoms with Crippen molar-refractivity contribution in [2.75, 3.05) is 4.90 Å². The minimum absolute atomic E-state index is 0.0216. The number of benzene rings is 4. The Labute approximate surface area is 192 Å². The Kier molecular flexibility index (Phi) is 4.74. The molecule has 1 aliphatic rings. The Morgan fingerprint density at radius 1 is 0.562 bits per heavy atom. The van der Waals surface area contributed by atoms with E-state index in [4.69, 9.17) is 0 Å². The average molecular weight is 418 g/mol. The normalized spacial score (nSPS) is 14.0. The zero-order valence-corrected chi connectivity index (χ0v) is 19.7. The summed E-state index contributed by atoms with van der Waals surface area (Å²) in [4.78, 5) is 2.40. The van der Waals surface area contributed by atoms with Crippen LogP contribution in [-0.2, 0) is 5.41 Å². The molecule has 4 aromatic carbocycles. The molecule has 0 fully saturated rings. The number of anilines is 2. The number of fused-ring (bicyclic) bond motifs is 3. The Morgan fingerprint density at radius 3 is 1.81 bits per heavy atom. The molecule has 4 aromatic rings. The van der Waals surface area contributed by atoms with Crippen LogP contribution in [0.2, 0.25) is 0 Å². The molecule has 160 valence electrons. The Balaban J connectivity index is 1.52. The van der Waals surface area contributed by atoms with Crippen molar-refractivity contribution >= 4 is 11.4 Å². The minimum Gasteiger partial charge on any atom is -0.336 e. The summed E-state index contributed by atoms with van der Waals surface area (Å²) in [6.07, 6.45) is 0. The fourth-order valence-corrected chi connectivity index (χ4v) is 5.19. The molecule has 1 aliphatic carbocycles. The van der Waals surface area contributed by atoms with Gasteiger partial charge in [0.2, 0.25) is 0 Å². The fourth-order valence-electron chi connectivity index (χ4n) is 5.19. The van der Waals surface area contributed by atoms with Crippen molar-refractivity contribution in [3.63, 3.8) is 0 Å². The van der Waals surface area contributed by atoms with Gasteiger partial charge in [-0.25, -0.2) is 0 Å². The molecule has 0 atom stereocenters. The summed E-state index contributed by atoms with van der Waals surface area (Å²) < 4.78 is 0. The largest absolute Gasteiger partial charge is 0.336 e. The summed E-state index contributed by atoms with van der Waals surface area (Å²) in [6.45, 7) is 11.5. The van der Waals surface area contributed by atoms with Crippen LogP contribution in [0.5, 0.6) is 0 Å². The van der Waals surface area contributed by atoms with Gasteiger partial charge < -0.3 is 4.90 Å². The Morgan fingerprint density at radius 2 is 1.12 bits per heavy atom. The third-order valence-corrected chi connectivity index (χ3v) is 6.73. The van der Waals surface area contributed by atoms with Crippen LogP contribution in [0.3, 0.4) is 0 Å². The van der Waals surface area contributed by atoms with Gasteiger partial charge in [0.1, 0.15) is 0 Å². The van der Waals surface area contributed by atoms with E-state index in [-0.39, 0.29) is 11.0 Å². The predicted octanol–water partition coefficient (Wildman–Crippen LogP) is 8.60. The highest BCUT2D eigenvalue weighted by atomic mass is 15.2. The number of hydrogen-bond donors (Lipinski definition) is 0. The monoisotopic (exact) mass is 417 g/mol. The molecular formula is C31H31N. The summed E-state index contributed by atoms with van der Waals surface area (Å²) in [5.41, 5.74) is 10.5. The minimum atomic E-state index is -0.0216. The number of para-hydroxylation sites is 1. The maximum Gasteiger partial charge on any atom is 0.0416 e. The van der Waals surface area contributed by atoms with Crippen molar-refractivity contribution < 1.29 is 0 Å². The van der Waals surface area contributed by atoms with Gasteiger partial charge in [-0.3, -0.25) is 0 Å². The molecule has 0 heterocycles. The highest BCUT2D eigenvalue weighted by molar-refractivity contribution is 5.83. The van der Waals surface area contributed by atoms with Crippen LogP contribution in [0.25, 0.3) is 22.3 Å². The molecule has 0 saturated carbocycles. The second-order valence-corrected chi connectivity index (χ2v) is 10.3. The highest BCUT2D eigenvalue weighted by Gasteiger charge is 2.35. The van der Waals surface area contributed by atoms with Crippen molar-refractivity contribution in [2.24, 2.45) is 0 Å². The lowest BCUT2D eigenvalue weighted by Gasteiger charge is -2.38. The highest BCUT2D eigenvalue weighted by Crippen LogP contribution is 2.49. The lowest BCUT2D eigenvalue weighted by atomic mass is 9.81. The van der Waals surface area contributed by atoms with E-state index in [2.05, 4.69) is 137 Å². The summed E-state index contributed by atoms with van der Waals surface area (Å²) in [6, 6.07) is 35.4. The zero-order chi connectivity index (χ0) is 22.5. The molecule has 0 spiro atoms. The summed E-state index contributed by atoms with van der Waals surface area (Å²) in [5.74, 6) is 0. The molecular weight excluding hydrogens is 386 g/mol. The molecule has 0 aliphatic heterocycles. The molecule has 0 saturated heterocycles. The van der Waals surface area contributed by atoms with Gasteiger partial charge in [-0.2, -0.15) is 0 Å². The quantitative estimate of drug-likeness (QED) is 0.322. The molecule has 5 rings (SSSR count). The molecule has 1 heteroatoms. The van der Waals surface area contributed by atoms with E-state index in [9.17, 15) is 0 Å². The van der Waals surface area contributed by atoms with Crippen LogP contribution in [-0.4, -0.2) is 5.54 Å². The topological polar surface area (TPSA) is 3.24 Å². The third-order valence-electron chi connectivity index (χ3n) is 6.73. The van der Waals surface area contributed by atoms with E-state index in [1.807, 2.05) is 0 Å². The first-order valence-corrected chi connectivity index (χ1v) is 11.5. The van der Waals surface area contributed by atoms with Gasteiger partial charge >= 0.3 is 0 Å². The van der Waals surface area contributed by atoms with Crippen LogP contribution in [0.1, 0.15) is 45.7 Å². The van der Waals surface area contributed by atoms with Crippen LogP contribution in [0, 0.1) is 0 Å². The first kappa shape index (κ1) is 20.6. The van der Waals surface area contributed by atoms with Gasteiger partial charge in [-0.05, 0) is 84.5 Å². The van der Waals surface area contributed by atoms with E-state index >= 15 is 0 Å². The van der Waals surface area contributed by atoms with Crippen molar-refractivity contribution in [1.82, 2.24) is 0 Å². The first-order chi connectivity index (χ1) is 15.3. The Bertz CT molecular complexity index is 1260. The smallest absolute Gasteiger partial charge is 0.0416 e. The molecule has 0 N–H and O–H groups in total. The lowest BCUT2D eigenvalue weighted by molar-refractivity contribution is 0.560. The second-order valence-electron chi connectivity index (χ2n) is 10.3. The standard InChI is InChI=1S/C31H31N/c1-30(2,3)32(24-11-7-6-8-12-24)25-18-15-22(16-19-25)23-17-20-27-26-13-9-10-14-28(26)31(4,5)29(27)21-23/h6-21H,1-5H3. The first-order valence-electron chi connectivity index (χ1n) is 11.5. The molecule has 0 unspecified atom stereocenters. The average Bonchev–Trinajstić information content (AvgIpc) is 3.01. The van der Waals surface area contributed by atoms with Gasteiger partial charge in [0, 0.05) is 22.3 Å². The molecule has 0 aromatic heterocycles. The molecule has 0 bridgehead atoms. The number of nitrogens with zero attached hydrogens (tertiary/aromatic N) is 1. The molecule has 32 heavy (non-hydrogen) atoms. The van der Waals surface area contributed by atoms with Gasteiger partial charge in [0.25, 0.3) is 0 Å². The van der Waals surface area contributed by atoms with Crippen molar-refractivity contribution in [2.45, 2.75) is 45.6 Å². The van der Waals surface area contributed by atoms with E-state index < -0.39 is 0 Å². The van der Waals surface area contributed by atoms with Crippen LogP contribution in [0.4, 0.5) is 11.4 Å². The van der Waals surface area contributed by atoms with Crippen molar-refractivity contribution in [3.8, 4) is 22.3 Å². The fraction of sp³-hybridized carbons (Fsp3) is 0.226. The molecule has 1 nitrogen and oxygen atoms in total. The van der Waals surface area contributed by atoms with Crippen LogP contribution < -0.4 is 4.90 Å². The van der Waals surface area contributed by atoms with E-state index in [1.54, 1.807) is 0 Å². The van der Waals surface area contributed by atoms with E-state index in [0.29, 0.717) is 0 Å². The number of hydrogen-bond acceptors (Lipinski definition) is 1. The number of rotatable bonds is 3. The van der Waals surface area contributed by atoms with Crippen LogP contribution in [0.15, 0.2) is 97.1 Å². The van der Waals surface area contributed by atoms with Crippen LogP contribution >= 0.6 is 0 Å². The van der Waals surface area contributed by atoms with Gasteiger partial charge in [0.05, 0.1) is 0 Å². The predicted molar refractivity (Wildman–Crippen MR) is 138 cm³/mol. The van der Waals surface area contributed by atoms with Gasteiger partial charge in [-0.15, -0.1) is 0 Å². The Hall–Kier alpha value is -3.32. The van der Waals surface area contributed by atoms with Crippen molar-refractivity contribution in [1.29, 1.82) is 0 Å². The SMILES string of the molecule is CC1(C)c2ccccc2-c2ccc(-c3ccc(N(c4ccccc4)C(C)(C)C)cc3)cc21. The maximum atomic E-state index is 2.40. The lowest BCUT2D eigenvalue weighted by Crippen LogP contribution is -2.37. The summed E-state index contributed by atoms with van der Waals surface area (Å²) >= 11 is 0. The van der Waals surface area contributed by atoms with E-state index in [0.717, 1.165) is 0 Å². The third kappa shape index (κ3) is 3.33.